The third-order valence-corrected chi connectivity index (χ3v) is 2.25. The second kappa shape index (κ2) is 5.51. The number of aliphatic carboxylic acids is 1. The van der Waals surface area contributed by atoms with E-state index in [-0.39, 0.29) is 16.3 Å². The minimum Gasteiger partial charge on any atom is -0.506 e. The lowest BCUT2D eigenvalue weighted by molar-refractivity contribution is -0.146. The summed E-state index contributed by atoms with van der Waals surface area (Å²) < 4.78 is 0. The molecule has 1 atom stereocenters. The molecule has 0 fully saturated rings. The van der Waals surface area contributed by atoms with Gasteiger partial charge in [-0.05, 0) is 18.2 Å². The normalized spacial score (nSPS) is 11.9. The van der Waals surface area contributed by atoms with Crippen LogP contribution in [-0.4, -0.2) is 39.8 Å². The Hall–Kier alpha value is -1.79. The summed E-state index contributed by atoms with van der Waals surface area (Å²) in [4.78, 5) is 21.8. The molecule has 0 saturated heterocycles. The fourth-order valence-electron chi connectivity index (χ4n) is 1.03. The number of aliphatic hydroxyl groups excluding tert-OH is 1. The van der Waals surface area contributed by atoms with E-state index in [0.29, 0.717) is 0 Å². The molecule has 0 aliphatic heterocycles. The van der Waals surface area contributed by atoms with Gasteiger partial charge in [-0.3, -0.25) is 4.79 Å². The molecule has 0 unspecified atom stereocenters. The van der Waals surface area contributed by atoms with Gasteiger partial charge in [-0.2, -0.15) is 0 Å². The summed E-state index contributed by atoms with van der Waals surface area (Å²) in [6.07, 6.45) is -1.66. The maximum atomic E-state index is 11.5. The Kier molecular flexibility index (Phi) is 4.30. The largest absolute Gasteiger partial charge is 0.506 e. The Balaban J connectivity index is 2.64. The third-order valence-electron chi connectivity index (χ3n) is 1.95. The van der Waals surface area contributed by atoms with Crippen LogP contribution in [0.5, 0.6) is 5.75 Å². The van der Waals surface area contributed by atoms with Gasteiger partial charge in [0.15, 0.2) is 6.10 Å². The fourth-order valence-corrected chi connectivity index (χ4v) is 1.21. The van der Waals surface area contributed by atoms with Gasteiger partial charge in [0.05, 0.1) is 11.6 Å². The lowest BCUT2D eigenvalue weighted by Gasteiger charge is -2.08. The zero-order valence-corrected chi connectivity index (χ0v) is 9.31. The Morgan fingerprint density at radius 2 is 2.06 bits per heavy atom. The number of benzene rings is 1. The molecule has 1 rings (SSSR count). The van der Waals surface area contributed by atoms with E-state index in [1.807, 2.05) is 0 Å². The average Bonchev–Trinajstić information content (AvgIpc) is 2.28. The van der Waals surface area contributed by atoms with Crippen LogP contribution in [0.15, 0.2) is 18.2 Å². The van der Waals surface area contributed by atoms with E-state index in [1.165, 1.54) is 18.2 Å². The van der Waals surface area contributed by atoms with Crippen LogP contribution in [0.2, 0.25) is 5.02 Å². The molecule has 0 aliphatic rings. The number of halogens is 1. The minimum absolute atomic E-state index is 0.0106. The molecule has 4 N–H and O–H groups in total. The van der Waals surface area contributed by atoms with Gasteiger partial charge in [-0.1, -0.05) is 11.6 Å². The van der Waals surface area contributed by atoms with Crippen molar-refractivity contribution in [2.24, 2.45) is 0 Å². The quantitative estimate of drug-likeness (QED) is 0.619. The number of carbonyl (C=O) groups is 2. The second-order valence-electron chi connectivity index (χ2n) is 3.23. The van der Waals surface area contributed by atoms with E-state index in [4.69, 9.17) is 26.9 Å². The number of hydrogen-bond donors (Lipinski definition) is 4. The number of aromatic hydroxyl groups is 1. The number of phenolic OH excluding ortho intramolecular Hbond substituents is 1. The molecule has 0 bridgehead atoms. The summed E-state index contributed by atoms with van der Waals surface area (Å²) in [5, 5.41) is 28.7. The molecular weight excluding hydrogens is 250 g/mol. The van der Waals surface area contributed by atoms with Crippen molar-refractivity contribution < 1.29 is 24.9 Å². The van der Waals surface area contributed by atoms with Crippen molar-refractivity contribution >= 4 is 23.5 Å². The van der Waals surface area contributed by atoms with Crippen LogP contribution < -0.4 is 5.32 Å². The van der Waals surface area contributed by atoms with E-state index in [1.54, 1.807) is 0 Å². The van der Waals surface area contributed by atoms with Crippen LogP contribution in [0, 0.1) is 0 Å². The first kappa shape index (κ1) is 13.3. The molecular formula is C10H10ClNO5. The van der Waals surface area contributed by atoms with Crippen LogP contribution in [0.25, 0.3) is 0 Å². The maximum Gasteiger partial charge on any atom is 0.334 e. The van der Waals surface area contributed by atoms with Crippen molar-refractivity contribution in [3.05, 3.63) is 28.8 Å². The monoisotopic (exact) mass is 259 g/mol. The molecule has 6 nitrogen and oxygen atoms in total. The predicted molar refractivity (Wildman–Crippen MR) is 59.1 cm³/mol. The van der Waals surface area contributed by atoms with Crippen LogP contribution in [0.3, 0.4) is 0 Å². The van der Waals surface area contributed by atoms with Gasteiger partial charge < -0.3 is 20.6 Å². The molecule has 0 radical (unpaired) electrons. The smallest absolute Gasteiger partial charge is 0.334 e. The first-order valence-electron chi connectivity index (χ1n) is 4.59. The molecule has 0 aliphatic carbocycles. The molecule has 0 aromatic heterocycles. The van der Waals surface area contributed by atoms with E-state index >= 15 is 0 Å². The molecule has 92 valence electrons. The van der Waals surface area contributed by atoms with Crippen LogP contribution in [-0.2, 0) is 4.79 Å². The highest BCUT2D eigenvalue weighted by Crippen LogP contribution is 2.23. The van der Waals surface area contributed by atoms with Gasteiger partial charge in [0, 0.05) is 5.56 Å². The molecule has 0 heterocycles. The van der Waals surface area contributed by atoms with Gasteiger partial charge in [0.1, 0.15) is 5.75 Å². The lowest BCUT2D eigenvalue weighted by Crippen LogP contribution is -2.36. The number of carboxylic acids is 1. The van der Waals surface area contributed by atoms with Crippen molar-refractivity contribution in [1.82, 2.24) is 5.32 Å². The number of aliphatic hydroxyl groups is 1. The Labute approximate surface area is 101 Å². The summed E-state index contributed by atoms with van der Waals surface area (Å²) in [6.45, 7) is -0.410. The summed E-state index contributed by atoms with van der Waals surface area (Å²) in [7, 11) is 0. The Morgan fingerprint density at radius 3 is 2.59 bits per heavy atom. The summed E-state index contributed by atoms with van der Waals surface area (Å²) in [5.41, 5.74) is 0.158. The van der Waals surface area contributed by atoms with Crippen molar-refractivity contribution in [3.8, 4) is 5.75 Å². The number of carboxylic acid groups (broad SMARTS) is 1. The van der Waals surface area contributed by atoms with E-state index in [9.17, 15) is 9.59 Å². The molecule has 1 aromatic rings. The average molecular weight is 260 g/mol. The fraction of sp³-hybridized carbons (Fsp3) is 0.200. The number of rotatable bonds is 4. The third kappa shape index (κ3) is 3.61. The van der Waals surface area contributed by atoms with Gasteiger partial charge >= 0.3 is 5.97 Å². The van der Waals surface area contributed by atoms with Crippen molar-refractivity contribution in [2.75, 3.05) is 6.54 Å². The van der Waals surface area contributed by atoms with E-state index < -0.39 is 24.5 Å². The SMILES string of the molecule is O=C(NC[C@H](O)C(=O)O)c1ccc(O)c(Cl)c1. The van der Waals surface area contributed by atoms with Gasteiger partial charge in [-0.15, -0.1) is 0 Å². The molecule has 0 spiro atoms. The first-order valence-corrected chi connectivity index (χ1v) is 4.97. The molecule has 17 heavy (non-hydrogen) atoms. The zero-order chi connectivity index (χ0) is 13.0. The first-order chi connectivity index (χ1) is 7.91. The number of phenols is 1. The van der Waals surface area contributed by atoms with Gasteiger partial charge in [0.25, 0.3) is 5.91 Å². The van der Waals surface area contributed by atoms with Crippen LogP contribution in [0.4, 0.5) is 0 Å². The predicted octanol–water partition coefficient (Wildman–Crippen LogP) is 0.221. The van der Waals surface area contributed by atoms with Crippen molar-refractivity contribution in [1.29, 1.82) is 0 Å². The molecule has 1 aromatic carbocycles. The highest BCUT2D eigenvalue weighted by Gasteiger charge is 2.15. The van der Waals surface area contributed by atoms with E-state index in [0.717, 1.165) is 0 Å². The van der Waals surface area contributed by atoms with Crippen molar-refractivity contribution in [2.45, 2.75) is 6.10 Å². The summed E-state index contributed by atoms with van der Waals surface area (Å²) in [6, 6.07) is 3.80. The number of amides is 1. The Morgan fingerprint density at radius 1 is 1.41 bits per heavy atom. The lowest BCUT2D eigenvalue weighted by atomic mass is 10.2. The van der Waals surface area contributed by atoms with Crippen LogP contribution in [0.1, 0.15) is 10.4 Å². The second-order valence-corrected chi connectivity index (χ2v) is 3.64. The van der Waals surface area contributed by atoms with E-state index in [2.05, 4.69) is 5.32 Å². The summed E-state index contributed by atoms with van der Waals surface area (Å²) in [5.74, 6) is -2.17. The maximum absolute atomic E-state index is 11.5. The molecule has 7 heteroatoms. The standard InChI is InChI=1S/C10H10ClNO5/c11-6-3-5(1-2-7(6)13)9(15)12-4-8(14)10(16)17/h1-3,8,13-14H,4H2,(H,12,15)(H,16,17)/t8-/m0/s1. The highest BCUT2D eigenvalue weighted by atomic mass is 35.5. The minimum atomic E-state index is -1.66. The number of hydrogen-bond acceptors (Lipinski definition) is 4. The number of nitrogens with one attached hydrogen (secondary N) is 1. The highest BCUT2D eigenvalue weighted by molar-refractivity contribution is 6.32. The topological polar surface area (TPSA) is 107 Å². The zero-order valence-electron chi connectivity index (χ0n) is 8.55. The van der Waals surface area contributed by atoms with Crippen molar-refractivity contribution in [3.63, 3.8) is 0 Å². The molecule has 0 saturated carbocycles. The Bertz CT molecular complexity index is 448. The molecule has 1 amide bonds. The summed E-state index contributed by atoms with van der Waals surface area (Å²) >= 11 is 5.60. The van der Waals surface area contributed by atoms with Crippen LogP contribution >= 0.6 is 11.6 Å². The van der Waals surface area contributed by atoms with Gasteiger partial charge in [-0.25, -0.2) is 4.79 Å². The van der Waals surface area contributed by atoms with Gasteiger partial charge in [0.2, 0.25) is 0 Å². The number of carbonyl (C=O) groups excluding carboxylic acids is 1.